The van der Waals surface area contributed by atoms with Gasteiger partial charge in [-0.1, -0.05) is 30.0 Å². The maximum atomic E-state index is 12.9. The van der Waals surface area contributed by atoms with Gasteiger partial charge >= 0.3 is 0 Å². The van der Waals surface area contributed by atoms with E-state index in [1.807, 2.05) is 47.4 Å². The highest BCUT2D eigenvalue weighted by atomic mass is 32.2. The fourth-order valence-corrected chi connectivity index (χ4v) is 4.52. The smallest absolute Gasteiger partial charge is 0.257 e. The molecule has 3 aromatic rings. The molecule has 6 nitrogen and oxygen atoms in total. The summed E-state index contributed by atoms with van der Waals surface area (Å²) in [7, 11) is 0. The fourth-order valence-electron chi connectivity index (χ4n) is 3.80. The molecule has 7 heteroatoms. The quantitative estimate of drug-likeness (QED) is 0.620. The molecule has 2 aliphatic rings. The number of amides is 1. The number of aromatic nitrogens is 1. The van der Waals surface area contributed by atoms with Gasteiger partial charge in [0.25, 0.3) is 5.22 Å². The molecule has 0 unspecified atom stereocenters. The topological polar surface area (TPSA) is 64.8 Å². The van der Waals surface area contributed by atoms with Crippen LogP contribution in [0.15, 0.2) is 52.1 Å². The number of benzene rings is 2. The van der Waals surface area contributed by atoms with Crippen molar-refractivity contribution < 1.29 is 18.7 Å². The molecule has 1 fully saturated rings. The van der Waals surface area contributed by atoms with Crippen molar-refractivity contribution >= 4 is 28.8 Å². The van der Waals surface area contributed by atoms with E-state index in [1.54, 1.807) is 0 Å². The zero-order valence-electron chi connectivity index (χ0n) is 15.3. The third-order valence-corrected chi connectivity index (χ3v) is 5.93. The predicted molar refractivity (Wildman–Crippen MR) is 106 cm³/mol. The number of likely N-dealkylation sites (tertiary alicyclic amines) is 1. The Balaban J connectivity index is 1.28. The monoisotopic (exact) mass is 396 g/mol. The summed E-state index contributed by atoms with van der Waals surface area (Å²) in [5.41, 5.74) is 2.66. The van der Waals surface area contributed by atoms with Crippen molar-refractivity contribution in [2.24, 2.45) is 0 Å². The van der Waals surface area contributed by atoms with Gasteiger partial charge in [-0.15, -0.1) is 0 Å². The Morgan fingerprint density at radius 2 is 2.00 bits per heavy atom. The second-order valence-corrected chi connectivity index (χ2v) is 7.81. The number of thioether (sulfide) groups is 1. The molecule has 0 saturated carbocycles. The molecule has 144 valence electrons. The largest absolute Gasteiger partial charge is 0.486 e. The van der Waals surface area contributed by atoms with E-state index >= 15 is 0 Å². The molecule has 0 spiro atoms. The highest BCUT2D eigenvalue weighted by molar-refractivity contribution is 7.99. The van der Waals surface area contributed by atoms with Crippen molar-refractivity contribution in [1.29, 1.82) is 0 Å². The summed E-state index contributed by atoms with van der Waals surface area (Å²) in [5, 5.41) is 0.532. The van der Waals surface area contributed by atoms with Crippen molar-refractivity contribution in [2.75, 3.05) is 25.5 Å². The van der Waals surface area contributed by atoms with Gasteiger partial charge in [-0.25, -0.2) is 4.98 Å². The van der Waals surface area contributed by atoms with Crippen LogP contribution in [0.5, 0.6) is 11.5 Å². The van der Waals surface area contributed by atoms with Crippen LogP contribution in [0, 0.1) is 0 Å². The molecule has 0 aliphatic carbocycles. The zero-order chi connectivity index (χ0) is 18.9. The van der Waals surface area contributed by atoms with Gasteiger partial charge in [-0.3, -0.25) is 4.79 Å². The Bertz CT molecular complexity index is 986. The van der Waals surface area contributed by atoms with Crippen molar-refractivity contribution in [3.63, 3.8) is 0 Å². The van der Waals surface area contributed by atoms with Crippen LogP contribution in [0.4, 0.5) is 0 Å². The number of carbonyl (C=O) groups excluding carboxylic acids is 1. The van der Waals surface area contributed by atoms with E-state index in [2.05, 4.69) is 4.98 Å². The SMILES string of the molecule is O=C(CSc1nc2ccccc2o1)N1CCC[C@H]1c1ccc2c(c1)OCCO2. The number of hydrogen-bond acceptors (Lipinski definition) is 6. The van der Waals surface area contributed by atoms with E-state index < -0.39 is 0 Å². The lowest BCUT2D eigenvalue weighted by Gasteiger charge is -2.26. The Labute approximate surface area is 166 Å². The Morgan fingerprint density at radius 3 is 2.89 bits per heavy atom. The number of hydrogen-bond donors (Lipinski definition) is 0. The lowest BCUT2D eigenvalue weighted by Crippen LogP contribution is -2.32. The van der Waals surface area contributed by atoms with Gasteiger partial charge in [-0.2, -0.15) is 0 Å². The molecule has 2 aromatic carbocycles. The van der Waals surface area contributed by atoms with E-state index in [-0.39, 0.29) is 11.9 Å². The average Bonchev–Trinajstić information content (AvgIpc) is 3.38. The standard InChI is InChI=1S/C21H20N2O4S/c24-20(13-28-21-22-15-4-1-2-6-17(15)27-21)23-9-3-5-16(23)14-7-8-18-19(12-14)26-11-10-25-18/h1-2,4,6-8,12,16H,3,5,9-11,13H2/t16-/m0/s1. The summed E-state index contributed by atoms with van der Waals surface area (Å²) in [6.45, 7) is 1.91. The van der Waals surface area contributed by atoms with Crippen LogP contribution in [0.3, 0.4) is 0 Å². The van der Waals surface area contributed by atoms with Crippen molar-refractivity contribution in [2.45, 2.75) is 24.1 Å². The number of ether oxygens (including phenoxy) is 2. The molecule has 5 rings (SSSR count). The highest BCUT2D eigenvalue weighted by Gasteiger charge is 2.31. The van der Waals surface area contributed by atoms with Gasteiger partial charge in [0, 0.05) is 6.54 Å². The molecule has 1 aromatic heterocycles. The first-order valence-corrected chi connectivity index (χ1v) is 10.4. The average molecular weight is 396 g/mol. The summed E-state index contributed by atoms with van der Waals surface area (Å²) in [6, 6.07) is 13.7. The van der Waals surface area contributed by atoms with E-state index in [0.717, 1.165) is 47.5 Å². The third-order valence-electron chi connectivity index (χ3n) is 5.12. The molecular formula is C21H20N2O4S. The van der Waals surface area contributed by atoms with Gasteiger partial charge in [-0.05, 0) is 42.7 Å². The number of para-hydroxylation sites is 2. The first-order chi connectivity index (χ1) is 13.8. The minimum Gasteiger partial charge on any atom is -0.486 e. The maximum Gasteiger partial charge on any atom is 0.257 e. The van der Waals surface area contributed by atoms with Crippen LogP contribution in [0.1, 0.15) is 24.4 Å². The van der Waals surface area contributed by atoms with Crippen molar-refractivity contribution in [1.82, 2.24) is 9.88 Å². The molecule has 2 aliphatic heterocycles. The summed E-state index contributed by atoms with van der Waals surface area (Å²) in [6.07, 6.45) is 1.96. The molecule has 1 saturated heterocycles. The first kappa shape index (κ1) is 17.4. The Hall–Kier alpha value is -2.67. The van der Waals surface area contributed by atoms with Crippen LogP contribution in [-0.2, 0) is 4.79 Å². The molecule has 3 heterocycles. The maximum absolute atomic E-state index is 12.9. The van der Waals surface area contributed by atoms with E-state index in [9.17, 15) is 4.79 Å². The van der Waals surface area contributed by atoms with Crippen LogP contribution in [0.25, 0.3) is 11.1 Å². The lowest BCUT2D eigenvalue weighted by molar-refractivity contribution is -0.129. The normalized spacial score (nSPS) is 18.6. The second kappa shape index (κ2) is 7.39. The van der Waals surface area contributed by atoms with Crippen LogP contribution < -0.4 is 9.47 Å². The predicted octanol–water partition coefficient (Wildman–Crippen LogP) is 4.05. The minimum absolute atomic E-state index is 0.0764. The van der Waals surface area contributed by atoms with Gasteiger partial charge in [0.15, 0.2) is 17.1 Å². The number of carbonyl (C=O) groups is 1. The molecule has 1 atom stereocenters. The van der Waals surface area contributed by atoms with E-state index in [1.165, 1.54) is 11.8 Å². The summed E-state index contributed by atoms with van der Waals surface area (Å²) < 4.78 is 17.0. The van der Waals surface area contributed by atoms with Crippen LogP contribution in [0.2, 0.25) is 0 Å². The summed E-state index contributed by atoms with van der Waals surface area (Å²) in [5.74, 6) is 1.96. The van der Waals surface area contributed by atoms with E-state index in [0.29, 0.717) is 24.2 Å². The summed E-state index contributed by atoms with van der Waals surface area (Å²) in [4.78, 5) is 19.3. The highest BCUT2D eigenvalue weighted by Crippen LogP contribution is 2.38. The Kier molecular flexibility index (Phi) is 4.60. The van der Waals surface area contributed by atoms with Crippen LogP contribution in [-0.4, -0.2) is 41.3 Å². The number of fused-ring (bicyclic) bond motifs is 2. The number of oxazole rings is 1. The van der Waals surface area contributed by atoms with E-state index in [4.69, 9.17) is 13.9 Å². The van der Waals surface area contributed by atoms with Crippen LogP contribution >= 0.6 is 11.8 Å². The minimum atomic E-state index is 0.0764. The van der Waals surface area contributed by atoms with Gasteiger partial charge < -0.3 is 18.8 Å². The lowest BCUT2D eigenvalue weighted by atomic mass is 10.0. The molecule has 0 radical (unpaired) electrons. The summed E-state index contributed by atoms with van der Waals surface area (Å²) >= 11 is 1.35. The molecular weight excluding hydrogens is 376 g/mol. The number of nitrogens with zero attached hydrogens (tertiary/aromatic N) is 2. The fraction of sp³-hybridized carbons (Fsp3) is 0.333. The second-order valence-electron chi connectivity index (χ2n) is 6.88. The number of rotatable bonds is 4. The van der Waals surface area contributed by atoms with Gasteiger partial charge in [0.1, 0.15) is 18.7 Å². The van der Waals surface area contributed by atoms with Gasteiger partial charge in [0.05, 0.1) is 11.8 Å². The molecule has 0 N–H and O–H groups in total. The molecule has 1 amide bonds. The zero-order valence-corrected chi connectivity index (χ0v) is 16.1. The molecule has 28 heavy (non-hydrogen) atoms. The van der Waals surface area contributed by atoms with Crippen molar-refractivity contribution in [3.8, 4) is 11.5 Å². The third kappa shape index (κ3) is 3.30. The molecule has 0 bridgehead atoms. The van der Waals surface area contributed by atoms with Gasteiger partial charge in [0.2, 0.25) is 5.91 Å². The van der Waals surface area contributed by atoms with Crippen molar-refractivity contribution in [3.05, 3.63) is 48.0 Å². The Morgan fingerprint density at radius 1 is 1.14 bits per heavy atom. The first-order valence-electron chi connectivity index (χ1n) is 9.45.